The lowest BCUT2D eigenvalue weighted by molar-refractivity contribution is -0.151. The summed E-state index contributed by atoms with van der Waals surface area (Å²) in [5.74, 6) is 0.811. The summed E-state index contributed by atoms with van der Waals surface area (Å²) in [4.78, 5) is 0. The molecule has 2 nitrogen and oxygen atoms in total. The van der Waals surface area contributed by atoms with Crippen molar-refractivity contribution < 1.29 is 4.74 Å². The molecule has 0 saturated heterocycles. The average Bonchev–Trinajstić information content (AvgIpc) is 2.14. The molecule has 0 aromatic heterocycles. The SMILES string of the molecule is CC(C)(C)OC1(CN)CCC(C(C)(C)C)CC1. The summed E-state index contributed by atoms with van der Waals surface area (Å²) in [6.07, 6.45) is 4.72. The second-order valence-corrected chi connectivity index (χ2v) is 7.74. The van der Waals surface area contributed by atoms with Crippen LogP contribution in [0.1, 0.15) is 67.2 Å². The Labute approximate surface area is 107 Å². The first-order chi connectivity index (χ1) is 7.58. The van der Waals surface area contributed by atoms with E-state index in [2.05, 4.69) is 41.5 Å². The fraction of sp³-hybridized carbons (Fsp3) is 1.00. The monoisotopic (exact) mass is 241 g/mol. The highest BCUT2D eigenvalue weighted by Gasteiger charge is 2.40. The normalized spacial score (nSPS) is 31.6. The maximum absolute atomic E-state index is 6.25. The van der Waals surface area contributed by atoms with E-state index in [9.17, 15) is 0 Å². The van der Waals surface area contributed by atoms with E-state index in [4.69, 9.17) is 10.5 Å². The zero-order valence-electron chi connectivity index (χ0n) is 12.6. The second kappa shape index (κ2) is 4.89. The molecule has 1 aliphatic rings. The number of rotatable bonds is 2. The van der Waals surface area contributed by atoms with Gasteiger partial charge in [-0.15, -0.1) is 0 Å². The van der Waals surface area contributed by atoms with Crippen molar-refractivity contribution in [2.24, 2.45) is 17.1 Å². The van der Waals surface area contributed by atoms with Crippen LogP contribution in [0.5, 0.6) is 0 Å². The van der Waals surface area contributed by atoms with Crippen molar-refractivity contribution in [1.82, 2.24) is 0 Å². The molecule has 0 aromatic carbocycles. The van der Waals surface area contributed by atoms with Crippen molar-refractivity contribution in [3.05, 3.63) is 0 Å². The molecular formula is C15H31NO. The summed E-state index contributed by atoms with van der Waals surface area (Å²) in [6.45, 7) is 14.1. The van der Waals surface area contributed by atoms with Crippen LogP contribution in [0.2, 0.25) is 0 Å². The predicted molar refractivity (Wildman–Crippen MR) is 74.0 cm³/mol. The fourth-order valence-electron chi connectivity index (χ4n) is 3.01. The van der Waals surface area contributed by atoms with Gasteiger partial charge in [0.25, 0.3) is 0 Å². The lowest BCUT2D eigenvalue weighted by Crippen LogP contribution is -2.49. The molecule has 1 rings (SSSR count). The van der Waals surface area contributed by atoms with Gasteiger partial charge in [-0.3, -0.25) is 0 Å². The van der Waals surface area contributed by atoms with Crippen molar-refractivity contribution in [2.45, 2.75) is 78.4 Å². The van der Waals surface area contributed by atoms with E-state index in [-0.39, 0.29) is 11.2 Å². The van der Waals surface area contributed by atoms with Crippen LogP contribution < -0.4 is 5.73 Å². The summed E-state index contributed by atoms with van der Waals surface area (Å²) in [5.41, 5.74) is 6.24. The average molecular weight is 241 g/mol. The number of hydrogen-bond acceptors (Lipinski definition) is 2. The molecule has 102 valence electrons. The zero-order valence-corrected chi connectivity index (χ0v) is 12.6. The van der Waals surface area contributed by atoms with Gasteiger partial charge < -0.3 is 10.5 Å². The van der Waals surface area contributed by atoms with Gasteiger partial charge >= 0.3 is 0 Å². The van der Waals surface area contributed by atoms with Crippen LogP contribution >= 0.6 is 0 Å². The van der Waals surface area contributed by atoms with Crippen LogP contribution in [0.25, 0.3) is 0 Å². The van der Waals surface area contributed by atoms with Gasteiger partial charge in [-0.2, -0.15) is 0 Å². The van der Waals surface area contributed by atoms with Gasteiger partial charge in [-0.1, -0.05) is 20.8 Å². The molecule has 0 atom stereocenters. The lowest BCUT2D eigenvalue weighted by atomic mass is 9.68. The van der Waals surface area contributed by atoms with E-state index in [1.165, 1.54) is 12.8 Å². The minimum atomic E-state index is -0.0893. The third-order valence-corrected chi connectivity index (χ3v) is 4.02. The molecule has 0 spiro atoms. The van der Waals surface area contributed by atoms with Gasteiger partial charge in [-0.05, 0) is 57.8 Å². The van der Waals surface area contributed by atoms with Crippen LogP contribution in [0.15, 0.2) is 0 Å². The molecule has 1 fully saturated rings. The third kappa shape index (κ3) is 4.26. The Morgan fingerprint density at radius 1 is 1.06 bits per heavy atom. The van der Waals surface area contributed by atoms with Crippen molar-refractivity contribution in [3.8, 4) is 0 Å². The Morgan fingerprint density at radius 2 is 1.53 bits per heavy atom. The summed E-state index contributed by atoms with van der Waals surface area (Å²) in [7, 11) is 0. The maximum atomic E-state index is 6.25. The number of hydrogen-bond donors (Lipinski definition) is 1. The second-order valence-electron chi connectivity index (χ2n) is 7.74. The van der Waals surface area contributed by atoms with E-state index in [1.54, 1.807) is 0 Å². The fourth-order valence-corrected chi connectivity index (χ4v) is 3.01. The quantitative estimate of drug-likeness (QED) is 0.799. The van der Waals surface area contributed by atoms with Gasteiger partial charge in [0.1, 0.15) is 0 Å². The lowest BCUT2D eigenvalue weighted by Gasteiger charge is -2.46. The molecular weight excluding hydrogens is 210 g/mol. The Kier molecular flexibility index (Phi) is 4.31. The van der Waals surface area contributed by atoms with Crippen molar-refractivity contribution in [3.63, 3.8) is 0 Å². The van der Waals surface area contributed by atoms with E-state index in [0.717, 1.165) is 18.8 Å². The highest BCUT2D eigenvalue weighted by Crippen LogP contribution is 2.43. The summed E-state index contributed by atoms with van der Waals surface area (Å²) >= 11 is 0. The van der Waals surface area contributed by atoms with Gasteiger partial charge in [0.2, 0.25) is 0 Å². The molecule has 0 heterocycles. The van der Waals surface area contributed by atoms with Gasteiger partial charge in [0, 0.05) is 6.54 Å². The van der Waals surface area contributed by atoms with Crippen LogP contribution in [0.4, 0.5) is 0 Å². The number of ether oxygens (including phenoxy) is 1. The first kappa shape index (κ1) is 15.0. The topological polar surface area (TPSA) is 35.2 Å². The molecule has 0 radical (unpaired) electrons. The largest absolute Gasteiger partial charge is 0.368 e. The first-order valence-electron chi connectivity index (χ1n) is 6.98. The van der Waals surface area contributed by atoms with Crippen LogP contribution in [0.3, 0.4) is 0 Å². The van der Waals surface area contributed by atoms with Gasteiger partial charge in [0.15, 0.2) is 0 Å². The minimum absolute atomic E-state index is 0.0694. The smallest absolute Gasteiger partial charge is 0.0811 e. The molecule has 1 aliphatic carbocycles. The van der Waals surface area contributed by atoms with Crippen LogP contribution in [0, 0.1) is 11.3 Å². The molecule has 0 aromatic rings. The highest BCUT2D eigenvalue weighted by molar-refractivity contribution is 4.92. The number of nitrogens with two attached hydrogens (primary N) is 1. The Morgan fingerprint density at radius 3 is 1.82 bits per heavy atom. The van der Waals surface area contributed by atoms with Crippen molar-refractivity contribution in [2.75, 3.05) is 6.54 Å². The molecule has 17 heavy (non-hydrogen) atoms. The van der Waals surface area contributed by atoms with Gasteiger partial charge in [0.05, 0.1) is 11.2 Å². The van der Waals surface area contributed by atoms with E-state index in [0.29, 0.717) is 12.0 Å². The zero-order chi connectivity index (χ0) is 13.3. The summed E-state index contributed by atoms with van der Waals surface area (Å²) < 4.78 is 6.25. The Hall–Kier alpha value is -0.0800. The predicted octanol–water partition coefficient (Wildman–Crippen LogP) is 3.74. The van der Waals surface area contributed by atoms with E-state index >= 15 is 0 Å². The highest BCUT2D eigenvalue weighted by atomic mass is 16.5. The standard InChI is InChI=1S/C15H31NO/c1-13(2,3)12-7-9-15(11-16,10-8-12)17-14(4,5)6/h12H,7-11,16H2,1-6H3. The molecule has 2 N–H and O–H groups in total. The Bertz CT molecular complexity index is 239. The summed E-state index contributed by atoms with van der Waals surface area (Å²) in [5, 5.41) is 0. The molecule has 0 bridgehead atoms. The molecule has 0 aliphatic heterocycles. The first-order valence-corrected chi connectivity index (χ1v) is 6.98. The molecule has 0 unspecified atom stereocenters. The molecule has 1 saturated carbocycles. The minimum Gasteiger partial charge on any atom is -0.368 e. The summed E-state index contributed by atoms with van der Waals surface area (Å²) in [6, 6.07) is 0. The Balaban J connectivity index is 2.64. The molecule has 2 heteroatoms. The van der Waals surface area contributed by atoms with E-state index < -0.39 is 0 Å². The van der Waals surface area contributed by atoms with E-state index in [1.807, 2.05) is 0 Å². The van der Waals surface area contributed by atoms with Crippen LogP contribution in [-0.4, -0.2) is 17.7 Å². The van der Waals surface area contributed by atoms with Crippen LogP contribution in [-0.2, 0) is 4.74 Å². The maximum Gasteiger partial charge on any atom is 0.0811 e. The molecule has 0 amide bonds. The third-order valence-electron chi connectivity index (χ3n) is 4.02. The van der Waals surface area contributed by atoms with Gasteiger partial charge in [-0.25, -0.2) is 0 Å². The van der Waals surface area contributed by atoms with Crippen molar-refractivity contribution >= 4 is 0 Å². The van der Waals surface area contributed by atoms with Crippen molar-refractivity contribution in [1.29, 1.82) is 0 Å².